The summed E-state index contributed by atoms with van der Waals surface area (Å²) in [5.41, 5.74) is 1.81. The van der Waals surface area contributed by atoms with Crippen LogP contribution in [0, 0.1) is 28.1 Å². The smallest absolute Gasteiger partial charge is 0.0115 e. The maximum atomic E-state index is 2.57. The molecule has 4 atom stereocenters. The molecule has 0 heteroatoms. The van der Waals surface area contributed by atoms with Crippen molar-refractivity contribution in [1.29, 1.82) is 0 Å². The first kappa shape index (κ1) is 9.93. The highest BCUT2D eigenvalue weighted by atomic mass is 14.7. The first-order chi connectivity index (χ1) is 6.92. The van der Waals surface area contributed by atoms with Crippen LogP contribution in [-0.2, 0) is 0 Å². The fraction of sp³-hybridized carbons (Fsp3) is 0.867. The highest BCUT2D eigenvalue weighted by Crippen LogP contribution is 2.76. The second-order valence-corrected chi connectivity index (χ2v) is 7.25. The van der Waals surface area contributed by atoms with Crippen molar-refractivity contribution in [3.05, 3.63) is 12.2 Å². The summed E-state index contributed by atoms with van der Waals surface area (Å²) in [5, 5.41) is 0. The quantitative estimate of drug-likeness (QED) is 0.513. The minimum atomic E-state index is 0.554. The van der Waals surface area contributed by atoms with E-state index in [9.17, 15) is 0 Å². The second kappa shape index (κ2) is 2.52. The van der Waals surface area contributed by atoms with Crippen molar-refractivity contribution >= 4 is 0 Å². The van der Waals surface area contributed by atoms with E-state index in [-0.39, 0.29) is 0 Å². The fourth-order valence-electron chi connectivity index (χ4n) is 5.20. The predicted molar refractivity (Wildman–Crippen MR) is 64.6 cm³/mol. The van der Waals surface area contributed by atoms with Gasteiger partial charge in [0.15, 0.2) is 0 Å². The van der Waals surface area contributed by atoms with Gasteiger partial charge >= 0.3 is 0 Å². The topological polar surface area (TPSA) is 0 Å². The normalized spacial score (nSPS) is 55.7. The predicted octanol–water partition coefficient (Wildman–Crippen LogP) is 4.42. The van der Waals surface area contributed by atoms with Crippen LogP contribution in [-0.4, -0.2) is 0 Å². The van der Waals surface area contributed by atoms with E-state index in [2.05, 4.69) is 39.8 Å². The maximum Gasteiger partial charge on any atom is -0.0115 e. The molecular weight excluding hydrogens is 180 g/mol. The summed E-state index contributed by atoms with van der Waals surface area (Å²) < 4.78 is 0. The van der Waals surface area contributed by atoms with Crippen LogP contribution in [0.25, 0.3) is 0 Å². The van der Waals surface area contributed by atoms with E-state index >= 15 is 0 Å². The van der Waals surface area contributed by atoms with Crippen LogP contribution in [0.2, 0.25) is 0 Å². The molecule has 1 unspecified atom stereocenters. The van der Waals surface area contributed by atoms with Gasteiger partial charge in [-0.25, -0.2) is 0 Å². The van der Waals surface area contributed by atoms with Crippen LogP contribution in [0.3, 0.4) is 0 Å². The van der Waals surface area contributed by atoms with E-state index in [1.807, 2.05) is 0 Å². The molecule has 0 aromatic carbocycles. The van der Waals surface area contributed by atoms with Gasteiger partial charge in [-0.05, 0) is 53.8 Å². The summed E-state index contributed by atoms with van der Waals surface area (Å²) in [6.07, 6.45) is 10.8. The first-order valence-electron chi connectivity index (χ1n) is 6.59. The lowest BCUT2D eigenvalue weighted by molar-refractivity contribution is 0.0811. The first-order valence-corrected chi connectivity index (χ1v) is 6.59. The molecule has 2 fully saturated rings. The summed E-state index contributed by atoms with van der Waals surface area (Å²) in [6.45, 7) is 10.1. The van der Waals surface area contributed by atoms with Crippen LogP contribution in [0.5, 0.6) is 0 Å². The Hall–Kier alpha value is -0.260. The van der Waals surface area contributed by atoms with Gasteiger partial charge in [0.25, 0.3) is 0 Å². The Morgan fingerprint density at radius 3 is 2.47 bits per heavy atom. The van der Waals surface area contributed by atoms with Crippen LogP contribution in [0.15, 0.2) is 12.2 Å². The maximum absolute atomic E-state index is 2.57. The van der Waals surface area contributed by atoms with Gasteiger partial charge in [-0.15, -0.1) is 0 Å². The molecule has 0 aromatic rings. The van der Waals surface area contributed by atoms with Crippen molar-refractivity contribution < 1.29 is 0 Å². The van der Waals surface area contributed by atoms with Crippen LogP contribution in [0.1, 0.15) is 53.4 Å². The molecule has 0 amide bonds. The molecule has 0 aromatic heterocycles. The minimum absolute atomic E-state index is 0.554. The third-order valence-electron chi connectivity index (χ3n) is 6.53. The van der Waals surface area contributed by atoms with Crippen LogP contribution < -0.4 is 0 Å². The molecule has 0 N–H and O–H groups in total. The Labute approximate surface area is 94.1 Å². The average molecular weight is 204 g/mol. The molecular formula is C15H24. The SMILES string of the molecule is CC1CC=C[C@@H]2[C@]13CC[C@]2(C)C(C)(C)C3. The zero-order chi connectivity index (χ0) is 10.9. The largest absolute Gasteiger partial charge is 0.0879 e. The van der Waals surface area contributed by atoms with Crippen LogP contribution in [0.4, 0.5) is 0 Å². The van der Waals surface area contributed by atoms with Gasteiger partial charge in [0.05, 0.1) is 0 Å². The van der Waals surface area contributed by atoms with Crippen molar-refractivity contribution in [3.63, 3.8) is 0 Å². The lowest BCUT2D eigenvalue weighted by Gasteiger charge is -2.42. The molecule has 84 valence electrons. The Kier molecular flexibility index (Phi) is 1.67. The van der Waals surface area contributed by atoms with E-state index in [4.69, 9.17) is 0 Å². The van der Waals surface area contributed by atoms with Gasteiger partial charge in [-0.2, -0.15) is 0 Å². The molecule has 0 heterocycles. The molecule has 2 saturated carbocycles. The highest BCUT2D eigenvalue weighted by molar-refractivity contribution is 5.24. The Bertz CT molecular complexity index is 325. The molecule has 0 radical (unpaired) electrons. The molecule has 0 aliphatic heterocycles. The van der Waals surface area contributed by atoms with E-state index < -0.39 is 0 Å². The molecule has 0 nitrogen and oxygen atoms in total. The van der Waals surface area contributed by atoms with E-state index in [1.165, 1.54) is 25.7 Å². The monoisotopic (exact) mass is 204 g/mol. The van der Waals surface area contributed by atoms with Crippen molar-refractivity contribution in [2.24, 2.45) is 28.1 Å². The zero-order valence-electron chi connectivity index (χ0n) is 10.6. The van der Waals surface area contributed by atoms with Gasteiger partial charge in [-0.3, -0.25) is 0 Å². The summed E-state index contributed by atoms with van der Waals surface area (Å²) in [7, 11) is 0. The molecule has 3 aliphatic carbocycles. The number of hydrogen-bond donors (Lipinski definition) is 0. The third kappa shape index (κ3) is 0.905. The standard InChI is InChI=1S/C15H24/c1-11-6-5-7-12-14(4)8-9-15(11,12)10-13(14,2)3/h5,7,11-12H,6,8-10H2,1-4H3/t11?,12-,14-,15-/m0/s1. The van der Waals surface area contributed by atoms with Crippen LogP contribution >= 0.6 is 0 Å². The van der Waals surface area contributed by atoms with E-state index in [0.29, 0.717) is 16.2 Å². The summed E-state index contributed by atoms with van der Waals surface area (Å²) in [5.74, 6) is 1.79. The molecule has 0 saturated heterocycles. The molecule has 3 rings (SSSR count). The Morgan fingerprint density at radius 2 is 1.87 bits per heavy atom. The highest BCUT2D eigenvalue weighted by Gasteiger charge is 2.68. The van der Waals surface area contributed by atoms with Gasteiger partial charge in [0, 0.05) is 0 Å². The minimum Gasteiger partial charge on any atom is -0.0879 e. The summed E-state index contributed by atoms with van der Waals surface area (Å²) in [6, 6.07) is 0. The summed E-state index contributed by atoms with van der Waals surface area (Å²) in [4.78, 5) is 0. The zero-order valence-corrected chi connectivity index (χ0v) is 10.6. The van der Waals surface area contributed by atoms with Crippen molar-refractivity contribution in [2.75, 3.05) is 0 Å². The van der Waals surface area contributed by atoms with Gasteiger partial charge < -0.3 is 0 Å². The number of allylic oxidation sites excluding steroid dienone is 2. The van der Waals surface area contributed by atoms with Gasteiger partial charge in [0.2, 0.25) is 0 Å². The van der Waals surface area contributed by atoms with Crippen molar-refractivity contribution in [1.82, 2.24) is 0 Å². The fourth-order valence-corrected chi connectivity index (χ4v) is 5.20. The van der Waals surface area contributed by atoms with Crippen molar-refractivity contribution in [2.45, 2.75) is 53.4 Å². The number of hydrogen-bond acceptors (Lipinski definition) is 0. The molecule has 3 aliphatic rings. The lowest BCUT2D eigenvalue weighted by atomic mass is 9.63. The Balaban J connectivity index is 2.14. The second-order valence-electron chi connectivity index (χ2n) is 7.25. The molecule has 2 bridgehead atoms. The van der Waals surface area contributed by atoms with Gasteiger partial charge in [-0.1, -0.05) is 39.8 Å². The Morgan fingerprint density at radius 1 is 1.13 bits per heavy atom. The average Bonchev–Trinajstić information content (AvgIpc) is 2.52. The third-order valence-corrected chi connectivity index (χ3v) is 6.53. The molecule has 15 heavy (non-hydrogen) atoms. The molecule has 0 spiro atoms. The van der Waals surface area contributed by atoms with Gasteiger partial charge in [0.1, 0.15) is 0 Å². The lowest BCUT2D eigenvalue weighted by Crippen LogP contribution is -2.32. The number of rotatable bonds is 0. The van der Waals surface area contributed by atoms with E-state index in [0.717, 1.165) is 11.8 Å². The van der Waals surface area contributed by atoms with E-state index in [1.54, 1.807) is 0 Å². The van der Waals surface area contributed by atoms with Crippen molar-refractivity contribution in [3.8, 4) is 0 Å². The summed E-state index contributed by atoms with van der Waals surface area (Å²) >= 11 is 0.